The van der Waals surface area contributed by atoms with Gasteiger partial charge >= 0.3 is 0 Å². The minimum atomic E-state index is 0.129. The van der Waals surface area contributed by atoms with Crippen LogP contribution in [0.25, 0.3) is 6.08 Å². The second kappa shape index (κ2) is 7.16. The van der Waals surface area contributed by atoms with E-state index in [1.54, 1.807) is 14.2 Å². The number of amides is 1. The van der Waals surface area contributed by atoms with Gasteiger partial charge in [-0.15, -0.1) is 0 Å². The lowest BCUT2D eigenvalue weighted by Gasteiger charge is -2.27. The van der Waals surface area contributed by atoms with Crippen LogP contribution in [0.15, 0.2) is 23.8 Å². The van der Waals surface area contributed by atoms with Gasteiger partial charge in [0.1, 0.15) is 0 Å². The Hall–Kier alpha value is -1.97. The molecular formula is C17H23NO3. The molecule has 0 aliphatic carbocycles. The molecule has 2 rings (SSSR count). The van der Waals surface area contributed by atoms with Crippen molar-refractivity contribution >= 4 is 12.0 Å². The van der Waals surface area contributed by atoms with E-state index < -0.39 is 0 Å². The summed E-state index contributed by atoms with van der Waals surface area (Å²) in [6.07, 6.45) is 5.34. The largest absolute Gasteiger partial charge is 0.493 e. The fraction of sp³-hybridized carbons (Fsp3) is 0.471. The van der Waals surface area contributed by atoms with Crippen molar-refractivity contribution < 1.29 is 14.3 Å². The van der Waals surface area contributed by atoms with Gasteiger partial charge in [0.15, 0.2) is 11.5 Å². The maximum atomic E-state index is 12.4. The minimum Gasteiger partial charge on any atom is -0.493 e. The second-order valence-corrected chi connectivity index (χ2v) is 5.29. The molecule has 4 heteroatoms. The van der Waals surface area contributed by atoms with E-state index in [1.807, 2.05) is 36.1 Å². The minimum absolute atomic E-state index is 0.129. The first-order chi connectivity index (χ1) is 10.2. The number of benzene rings is 1. The topological polar surface area (TPSA) is 38.8 Å². The number of carbonyl (C=O) groups excluding carboxylic acids is 1. The predicted molar refractivity (Wildman–Crippen MR) is 83.6 cm³/mol. The number of rotatable bonds is 4. The molecular weight excluding hydrogens is 266 g/mol. The van der Waals surface area contributed by atoms with Crippen LogP contribution in [-0.2, 0) is 4.79 Å². The summed E-state index contributed by atoms with van der Waals surface area (Å²) in [6, 6.07) is 5.66. The Morgan fingerprint density at radius 1 is 1.10 bits per heavy atom. The van der Waals surface area contributed by atoms with Gasteiger partial charge in [0.05, 0.1) is 14.2 Å². The molecule has 4 nitrogen and oxygen atoms in total. The second-order valence-electron chi connectivity index (χ2n) is 5.29. The Morgan fingerprint density at radius 3 is 2.38 bits per heavy atom. The van der Waals surface area contributed by atoms with Crippen molar-refractivity contribution in [2.24, 2.45) is 0 Å². The summed E-state index contributed by atoms with van der Waals surface area (Å²) in [5.41, 5.74) is 1.69. The van der Waals surface area contributed by atoms with Gasteiger partial charge < -0.3 is 14.4 Å². The SMILES string of the molecule is COc1ccc(/C=C(\C)C(=O)N2CCCCC2)cc1OC. The van der Waals surface area contributed by atoms with Gasteiger partial charge in [-0.05, 0) is 50.0 Å². The summed E-state index contributed by atoms with van der Waals surface area (Å²) in [5, 5.41) is 0. The third kappa shape index (κ3) is 3.78. The maximum Gasteiger partial charge on any atom is 0.249 e. The van der Waals surface area contributed by atoms with Gasteiger partial charge in [0.2, 0.25) is 5.91 Å². The van der Waals surface area contributed by atoms with Crippen LogP contribution in [-0.4, -0.2) is 38.1 Å². The molecule has 0 spiro atoms. The van der Waals surface area contributed by atoms with Crippen LogP contribution in [0.3, 0.4) is 0 Å². The summed E-state index contributed by atoms with van der Waals surface area (Å²) >= 11 is 0. The molecule has 0 atom stereocenters. The number of piperidine rings is 1. The fourth-order valence-corrected chi connectivity index (χ4v) is 2.60. The molecule has 0 saturated carbocycles. The zero-order valence-electron chi connectivity index (χ0n) is 13.0. The van der Waals surface area contributed by atoms with Crippen LogP contribution < -0.4 is 9.47 Å². The summed E-state index contributed by atoms with van der Waals surface area (Å²) < 4.78 is 10.5. The van der Waals surface area contributed by atoms with E-state index in [0.29, 0.717) is 11.5 Å². The number of nitrogens with zero attached hydrogens (tertiary/aromatic N) is 1. The van der Waals surface area contributed by atoms with Gasteiger partial charge in [-0.2, -0.15) is 0 Å². The first kappa shape index (κ1) is 15.4. The van der Waals surface area contributed by atoms with E-state index in [4.69, 9.17) is 9.47 Å². The molecule has 114 valence electrons. The summed E-state index contributed by atoms with van der Waals surface area (Å²) in [5.74, 6) is 1.49. The molecule has 0 N–H and O–H groups in total. The lowest BCUT2D eigenvalue weighted by atomic mass is 10.1. The van der Waals surface area contributed by atoms with E-state index in [1.165, 1.54) is 6.42 Å². The zero-order valence-corrected chi connectivity index (χ0v) is 13.0. The highest BCUT2D eigenvalue weighted by Gasteiger charge is 2.17. The lowest BCUT2D eigenvalue weighted by Crippen LogP contribution is -2.36. The maximum absolute atomic E-state index is 12.4. The predicted octanol–water partition coefficient (Wildman–Crippen LogP) is 3.12. The van der Waals surface area contributed by atoms with Crippen molar-refractivity contribution in [1.29, 1.82) is 0 Å². The number of likely N-dealkylation sites (tertiary alicyclic amines) is 1. The summed E-state index contributed by atoms with van der Waals surface area (Å²) in [6.45, 7) is 3.61. The van der Waals surface area contributed by atoms with Crippen molar-refractivity contribution in [2.75, 3.05) is 27.3 Å². The zero-order chi connectivity index (χ0) is 15.2. The number of methoxy groups -OCH3 is 2. The Labute approximate surface area is 126 Å². The first-order valence-corrected chi connectivity index (χ1v) is 7.35. The van der Waals surface area contributed by atoms with Crippen molar-refractivity contribution in [1.82, 2.24) is 4.90 Å². The van der Waals surface area contributed by atoms with E-state index in [9.17, 15) is 4.79 Å². The molecule has 1 fully saturated rings. The van der Waals surface area contributed by atoms with E-state index in [0.717, 1.165) is 37.1 Å². The third-order valence-corrected chi connectivity index (χ3v) is 3.77. The van der Waals surface area contributed by atoms with Crippen molar-refractivity contribution in [3.8, 4) is 11.5 Å². The average molecular weight is 289 g/mol. The highest BCUT2D eigenvalue weighted by Crippen LogP contribution is 2.28. The van der Waals surface area contributed by atoms with Crippen molar-refractivity contribution in [3.05, 3.63) is 29.3 Å². The normalized spacial score (nSPS) is 15.8. The van der Waals surface area contributed by atoms with Gasteiger partial charge in [-0.3, -0.25) is 4.79 Å². The standard InChI is InChI=1S/C17H23NO3/c1-13(17(19)18-9-5-4-6-10-18)11-14-7-8-15(20-2)16(12-14)21-3/h7-8,11-12H,4-6,9-10H2,1-3H3/b13-11+. The van der Waals surface area contributed by atoms with Gasteiger partial charge in [-0.25, -0.2) is 0 Å². The molecule has 0 aromatic heterocycles. The van der Waals surface area contributed by atoms with E-state index >= 15 is 0 Å². The lowest BCUT2D eigenvalue weighted by molar-refractivity contribution is -0.127. The Morgan fingerprint density at radius 2 is 1.76 bits per heavy atom. The molecule has 0 radical (unpaired) electrons. The highest BCUT2D eigenvalue weighted by molar-refractivity contribution is 5.97. The van der Waals surface area contributed by atoms with E-state index in [2.05, 4.69) is 0 Å². The van der Waals surface area contributed by atoms with E-state index in [-0.39, 0.29) is 5.91 Å². The Balaban J connectivity index is 2.15. The molecule has 21 heavy (non-hydrogen) atoms. The third-order valence-electron chi connectivity index (χ3n) is 3.77. The fourth-order valence-electron chi connectivity index (χ4n) is 2.60. The van der Waals surface area contributed by atoms with Crippen molar-refractivity contribution in [3.63, 3.8) is 0 Å². The van der Waals surface area contributed by atoms with Gasteiger partial charge in [0.25, 0.3) is 0 Å². The quantitative estimate of drug-likeness (QED) is 0.799. The van der Waals surface area contributed by atoms with Gasteiger partial charge in [-0.1, -0.05) is 6.07 Å². The number of ether oxygens (including phenoxy) is 2. The summed E-state index contributed by atoms with van der Waals surface area (Å²) in [7, 11) is 3.22. The highest BCUT2D eigenvalue weighted by atomic mass is 16.5. The molecule has 0 bridgehead atoms. The monoisotopic (exact) mass is 289 g/mol. The number of carbonyl (C=O) groups is 1. The molecule has 0 unspecified atom stereocenters. The van der Waals surface area contributed by atoms with Crippen molar-refractivity contribution in [2.45, 2.75) is 26.2 Å². The Kier molecular flexibility index (Phi) is 5.26. The Bertz CT molecular complexity index is 531. The molecule has 1 amide bonds. The smallest absolute Gasteiger partial charge is 0.249 e. The average Bonchev–Trinajstić information content (AvgIpc) is 2.54. The number of hydrogen-bond acceptors (Lipinski definition) is 3. The summed E-state index contributed by atoms with van der Waals surface area (Å²) in [4.78, 5) is 14.3. The molecule has 1 heterocycles. The first-order valence-electron chi connectivity index (χ1n) is 7.35. The van der Waals surface area contributed by atoms with Crippen LogP contribution in [0.1, 0.15) is 31.7 Å². The van der Waals surface area contributed by atoms with Crippen LogP contribution in [0.4, 0.5) is 0 Å². The van der Waals surface area contributed by atoms with Crippen LogP contribution in [0.5, 0.6) is 11.5 Å². The van der Waals surface area contributed by atoms with Crippen LogP contribution in [0.2, 0.25) is 0 Å². The number of hydrogen-bond donors (Lipinski definition) is 0. The molecule has 1 aliphatic heterocycles. The molecule has 1 aromatic carbocycles. The van der Waals surface area contributed by atoms with Crippen LogP contribution in [0, 0.1) is 0 Å². The molecule has 1 aliphatic rings. The molecule has 1 saturated heterocycles. The van der Waals surface area contributed by atoms with Gasteiger partial charge in [0, 0.05) is 18.7 Å². The molecule has 1 aromatic rings. The van der Waals surface area contributed by atoms with Crippen LogP contribution >= 0.6 is 0 Å².